The van der Waals surface area contributed by atoms with Gasteiger partial charge in [-0.2, -0.15) is 0 Å². The number of anilines is 1. The Morgan fingerprint density at radius 3 is 2.66 bits per heavy atom. The first-order valence-corrected chi connectivity index (χ1v) is 11.0. The van der Waals surface area contributed by atoms with Crippen LogP contribution in [0.15, 0.2) is 29.1 Å². The molecule has 0 spiro atoms. The summed E-state index contributed by atoms with van der Waals surface area (Å²) in [5.41, 5.74) is -1.03. The van der Waals surface area contributed by atoms with Crippen molar-refractivity contribution in [3.63, 3.8) is 0 Å². The SMILES string of the molecule is CC.Cc1nc(NCc2cccc(C(F)F)c2F)c2cc(OC3CN(C(=O)CF)C3)c(=O)[nH]c2n1. The van der Waals surface area contributed by atoms with Crippen LogP contribution < -0.4 is 15.6 Å². The van der Waals surface area contributed by atoms with Gasteiger partial charge in [-0.05, 0) is 6.92 Å². The molecular weight excluding hydrogens is 470 g/mol. The van der Waals surface area contributed by atoms with Crippen LogP contribution in [0.1, 0.15) is 37.2 Å². The molecule has 1 aliphatic heterocycles. The number of benzene rings is 1. The fourth-order valence-electron chi connectivity index (χ4n) is 3.47. The molecule has 0 unspecified atom stereocenters. The highest BCUT2D eigenvalue weighted by atomic mass is 19.3. The molecule has 0 aliphatic carbocycles. The van der Waals surface area contributed by atoms with Gasteiger partial charge >= 0.3 is 0 Å². The van der Waals surface area contributed by atoms with E-state index in [2.05, 4.69) is 20.3 Å². The van der Waals surface area contributed by atoms with Crippen molar-refractivity contribution in [2.75, 3.05) is 25.1 Å². The lowest BCUT2D eigenvalue weighted by Crippen LogP contribution is -2.56. The summed E-state index contributed by atoms with van der Waals surface area (Å²) in [6.45, 7) is 4.65. The number of rotatable bonds is 7. The number of aromatic nitrogens is 3. The number of amides is 1. The standard InChI is InChI=1S/C21H19F4N5O3.C2H6/c1-10-27-19(26-7-11-3-2-4-13(17(11)23)18(24)25)14-5-15(21(32)29-20(14)28-10)33-12-8-30(9-12)16(31)6-22;1-2/h2-5,12,18H,6-9H2,1H3,(H2,26,27,28,29,32);1-2H3. The van der Waals surface area contributed by atoms with Gasteiger partial charge in [-0.3, -0.25) is 9.59 Å². The maximum Gasteiger partial charge on any atom is 0.291 e. The smallest absolute Gasteiger partial charge is 0.291 e. The molecule has 4 rings (SSSR count). The normalized spacial score (nSPS) is 13.3. The highest BCUT2D eigenvalue weighted by Gasteiger charge is 2.32. The Bertz CT molecular complexity index is 1260. The van der Waals surface area contributed by atoms with Crippen LogP contribution in [0.2, 0.25) is 0 Å². The molecule has 2 N–H and O–H groups in total. The Labute approximate surface area is 198 Å². The summed E-state index contributed by atoms with van der Waals surface area (Å²) in [5, 5.41) is 3.26. The molecule has 35 heavy (non-hydrogen) atoms. The first-order valence-electron chi connectivity index (χ1n) is 11.0. The Balaban J connectivity index is 0.00000167. The predicted octanol–water partition coefficient (Wildman–Crippen LogP) is 3.90. The van der Waals surface area contributed by atoms with Gasteiger partial charge in [0.25, 0.3) is 17.9 Å². The number of aromatic amines is 1. The summed E-state index contributed by atoms with van der Waals surface area (Å²) >= 11 is 0. The number of halogens is 4. The number of aryl methyl sites for hydroxylation is 1. The Kier molecular flexibility index (Phi) is 8.26. The van der Waals surface area contributed by atoms with Crippen molar-refractivity contribution in [3.05, 3.63) is 57.4 Å². The van der Waals surface area contributed by atoms with E-state index in [9.17, 15) is 27.2 Å². The molecule has 0 bridgehead atoms. The Hall–Kier alpha value is -3.70. The number of H-pyrrole nitrogens is 1. The summed E-state index contributed by atoms with van der Waals surface area (Å²) < 4.78 is 58.4. The topological polar surface area (TPSA) is 100 Å². The number of carbonyl (C=O) groups is 1. The molecule has 0 atom stereocenters. The van der Waals surface area contributed by atoms with Crippen LogP contribution >= 0.6 is 0 Å². The Morgan fingerprint density at radius 1 is 1.29 bits per heavy atom. The van der Waals surface area contributed by atoms with Gasteiger partial charge in [0.15, 0.2) is 12.4 Å². The number of ether oxygens (including phenoxy) is 1. The molecule has 1 saturated heterocycles. The second-order valence-electron chi connectivity index (χ2n) is 7.49. The third-order valence-corrected chi connectivity index (χ3v) is 5.19. The number of alkyl halides is 3. The summed E-state index contributed by atoms with van der Waals surface area (Å²) in [6, 6.07) is 5.14. The molecular formula is C23H25F4N5O3. The van der Waals surface area contributed by atoms with Gasteiger partial charge in [0.2, 0.25) is 0 Å². The number of fused-ring (bicyclic) bond motifs is 1. The van der Waals surface area contributed by atoms with Crippen LogP contribution in [-0.2, 0) is 11.3 Å². The number of pyridine rings is 1. The third-order valence-electron chi connectivity index (χ3n) is 5.19. The van der Waals surface area contributed by atoms with E-state index in [0.717, 1.165) is 6.07 Å². The maximum atomic E-state index is 14.4. The lowest BCUT2D eigenvalue weighted by Gasteiger charge is -2.38. The molecule has 188 valence electrons. The van der Waals surface area contributed by atoms with E-state index in [0.29, 0.717) is 11.2 Å². The second kappa shape index (κ2) is 11.2. The van der Waals surface area contributed by atoms with Crippen LogP contribution in [0.4, 0.5) is 23.4 Å². The molecule has 1 amide bonds. The molecule has 1 aromatic carbocycles. The number of likely N-dealkylation sites (tertiary alicyclic amines) is 1. The van der Waals surface area contributed by atoms with Gasteiger partial charge in [-0.15, -0.1) is 0 Å². The van der Waals surface area contributed by atoms with E-state index in [1.807, 2.05) is 13.8 Å². The van der Waals surface area contributed by atoms with Crippen molar-refractivity contribution < 1.29 is 27.1 Å². The molecule has 12 heteroatoms. The van der Waals surface area contributed by atoms with Crippen LogP contribution in [-0.4, -0.2) is 51.6 Å². The largest absolute Gasteiger partial charge is 0.481 e. The van der Waals surface area contributed by atoms with Gasteiger partial charge in [-0.25, -0.2) is 27.5 Å². The van der Waals surface area contributed by atoms with Crippen LogP contribution in [0.3, 0.4) is 0 Å². The number of carbonyl (C=O) groups excluding carboxylic acids is 1. The van der Waals surface area contributed by atoms with Gasteiger partial charge in [0.1, 0.15) is 29.2 Å². The zero-order valence-corrected chi connectivity index (χ0v) is 19.4. The monoisotopic (exact) mass is 495 g/mol. The van der Waals surface area contributed by atoms with E-state index in [1.165, 1.54) is 23.1 Å². The number of hydrogen-bond donors (Lipinski definition) is 2. The molecule has 3 heterocycles. The zero-order chi connectivity index (χ0) is 25.7. The lowest BCUT2D eigenvalue weighted by molar-refractivity contribution is -0.140. The minimum Gasteiger partial charge on any atom is -0.481 e. The average Bonchev–Trinajstić information content (AvgIpc) is 2.81. The number of nitrogens with zero attached hydrogens (tertiary/aromatic N) is 3. The van der Waals surface area contributed by atoms with Crippen LogP contribution in [0.25, 0.3) is 11.0 Å². The summed E-state index contributed by atoms with van der Waals surface area (Å²) in [7, 11) is 0. The molecule has 8 nitrogen and oxygen atoms in total. The van der Waals surface area contributed by atoms with Crippen molar-refractivity contribution in [2.45, 2.75) is 39.8 Å². The van der Waals surface area contributed by atoms with E-state index in [4.69, 9.17) is 4.74 Å². The minimum atomic E-state index is -2.94. The summed E-state index contributed by atoms with van der Waals surface area (Å²) in [4.78, 5) is 36.0. The van der Waals surface area contributed by atoms with Crippen LogP contribution in [0, 0.1) is 12.7 Å². The van der Waals surface area contributed by atoms with Gasteiger partial charge in [0.05, 0.1) is 24.0 Å². The molecule has 0 saturated carbocycles. The molecule has 1 fully saturated rings. The van der Waals surface area contributed by atoms with E-state index in [1.54, 1.807) is 6.92 Å². The van der Waals surface area contributed by atoms with E-state index >= 15 is 0 Å². The van der Waals surface area contributed by atoms with Crippen molar-refractivity contribution in [1.82, 2.24) is 19.9 Å². The van der Waals surface area contributed by atoms with Crippen molar-refractivity contribution in [2.24, 2.45) is 0 Å². The summed E-state index contributed by atoms with van der Waals surface area (Å²) in [5.74, 6) is -1.16. The molecule has 1 aliphatic rings. The molecule has 0 radical (unpaired) electrons. The predicted molar refractivity (Wildman–Crippen MR) is 122 cm³/mol. The van der Waals surface area contributed by atoms with Gasteiger partial charge in [0, 0.05) is 18.2 Å². The fraction of sp³-hybridized carbons (Fsp3) is 0.391. The van der Waals surface area contributed by atoms with Crippen molar-refractivity contribution >= 4 is 22.8 Å². The highest BCUT2D eigenvalue weighted by Crippen LogP contribution is 2.26. The zero-order valence-electron chi connectivity index (χ0n) is 19.4. The van der Waals surface area contributed by atoms with E-state index in [-0.39, 0.29) is 42.4 Å². The Morgan fingerprint density at radius 2 is 2.00 bits per heavy atom. The van der Waals surface area contributed by atoms with Gasteiger partial charge in [-0.1, -0.05) is 32.0 Å². The number of nitrogens with one attached hydrogen (secondary N) is 2. The first-order chi connectivity index (χ1) is 16.8. The summed E-state index contributed by atoms with van der Waals surface area (Å²) in [6.07, 6.45) is -3.42. The number of hydrogen-bond acceptors (Lipinski definition) is 6. The molecule has 3 aromatic rings. The molecule has 2 aromatic heterocycles. The third kappa shape index (κ3) is 5.69. The highest BCUT2D eigenvalue weighted by molar-refractivity contribution is 5.87. The van der Waals surface area contributed by atoms with Crippen molar-refractivity contribution in [3.8, 4) is 5.75 Å². The fourth-order valence-corrected chi connectivity index (χ4v) is 3.47. The van der Waals surface area contributed by atoms with Crippen molar-refractivity contribution in [1.29, 1.82) is 0 Å². The first kappa shape index (κ1) is 25.9. The average molecular weight is 495 g/mol. The second-order valence-corrected chi connectivity index (χ2v) is 7.49. The van der Waals surface area contributed by atoms with Gasteiger partial charge < -0.3 is 19.9 Å². The van der Waals surface area contributed by atoms with Crippen LogP contribution in [0.5, 0.6) is 5.75 Å². The maximum absolute atomic E-state index is 14.4. The lowest BCUT2D eigenvalue weighted by atomic mass is 10.1. The van der Waals surface area contributed by atoms with E-state index < -0.39 is 42.1 Å². The minimum absolute atomic E-state index is 0.0187. The quantitative estimate of drug-likeness (QED) is 0.483.